The zero-order chi connectivity index (χ0) is 7.49. The molecule has 0 aliphatic carbocycles. The molecule has 0 atom stereocenters. The van der Waals surface area contributed by atoms with Gasteiger partial charge in [-0.15, -0.1) is 6.58 Å². The average molecular weight is 125 g/mol. The lowest BCUT2D eigenvalue weighted by Crippen LogP contribution is -2.20. The number of rotatable bonds is 3. The van der Waals surface area contributed by atoms with Crippen LogP contribution in [0, 0.1) is 5.41 Å². The molecular weight excluding hydrogens is 110 g/mol. The van der Waals surface area contributed by atoms with Crippen molar-refractivity contribution in [2.75, 3.05) is 7.05 Å². The summed E-state index contributed by atoms with van der Waals surface area (Å²) in [5.74, 6) is 0. The van der Waals surface area contributed by atoms with Gasteiger partial charge in [0.2, 0.25) is 0 Å². The summed E-state index contributed by atoms with van der Waals surface area (Å²) >= 11 is 0. The molecule has 0 radical (unpaired) electrons. The minimum atomic E-state index is 0.00868. The SMILES string of the molecule is C=CC(C)(C)C(=C)NC. The first kappa shape index (κ1) is 8.28. The maximum Gasteiger partial charge on any atom is 0.0214 e. The Morgan fingerprint density at radius 3 is 2.11 bits per heavy atom. The first-order valence-electron chi connectivity index (χ1n) is 3.05. The molecule has 1 N–H and O–H groups in total. The van der Waals surface area contributed by atoms with Gasteiger partial charge in [0, 0.05) is 18.2 Å². The molecule has 0 spiro atoms. The van der Waals surface area contributed by atoms with Crippen molar-refractivity contribution in [3.05, 3.63) is 24.9 Å². The van der Waals surface area contributed by atoms with Crippen molar-refractivity contribution in [1.82, 2.24) is 5.32 Å². The molecule has 52 valence electrons. The summed E-state index contributed by atoms with van der Waals surface area (Å²) < 4.78 is 0. The van der Waals surface area contributed by atoms with Crippen molar-refractivity contribution in [2.24, 2.45) is 5.41 Å². The first-order chi connectivity index (χ1) is 4.04. The Labute approximate surface area is 57.5 Å². The first-order valence-corrected chi connectivity index (χ1v) is 3.05. The number of allylic oxidation sites excluding steroid dienone is 1. The van der Waals surface area contributed by atoms with Crippen LogP contribution in [-0.2, 0) is 0 Å². The monoisotopic (exact) mass is 125 g/mol. The molecule has 0 fully saturated rings. The lowest BCUT2D eigenvalue weighted by Gasteiger charge is -2.22. The van der Waals surface area contributed by atoms with Crippen LogP contribution in [0.15, 0.2) is 24.9 Å². The molecule has 9 heavy (non-hydrogen) atoms. The van der Waals surface area contributed by atoms with Crippen LogP contribution in [0.4, 0.5) is 0 Å². The van der Waals surface area contributed by atoms with Gasteiger partial charge in [-0.1, -0.05) is 26.5 Å². The van der Waals surface area contributed by atoms with Gasteiger partial charge < -0.3 is 5.32 Å². The molecule has 1 nitrogen and oxygen atoms in total. The molecule has 0 aromatic heterocycles. The highest BCUT2D eigenvalue weighted by Gasteiger charge is 2.14. The molecule has 0 rings (SSSR count). The molecule has 0 aliphatic heterocycles. The zero-order valence-corrected chi connectivity index (χ0v) is 6.49. The van der Waals surface area contributed by atoms with E-state index in [2.05, 4.69) is 32.3 Å². The standard InChI is InChI=1S/C8H15N/c1-6-8(3,4)7(2)9-5/h6,9H,1-2H2,3-5H3. The molecule has 0 saturated heterocycles. The second-order valence-electron chi connectivity index (χ2n) is 2.65. The van der Waals surface area contributed by atoms with E-state index >= 15 is 0 Å². The lowest BCUT2D eigenvalue weighted by atomic mass is 9.90. The van der Waals surface area contributed by atoms with Crippen molar-refractivity contribution in [1.29, 1.82) is 0 Å². The Morgan fingerprint density at radius 2 is 2.00 bits per heavy atom. The molecule has 0 amide bonds. The highest BCUT2D eigenvalue weighted by atomic mass is 14.8. The highest BCUT2D eigenvalue weighted by Crippen LogP contribution is 2.22. The largest absolute Gasteiger partial charge is 0.391 e. The Kier molecular flexibility index (Phi) is 2.50. The van der Waals surface area contributed by atoms with E-state index in [0.717, 1.165) is 5.70 Å². The average Bonchev–Trinajstić information content (AvgIpc) is 1.86. The van der Waals surface area contributed by atoms with E-state index in [4.69, 9.17) is 0 Å². The number of hydrogen-bond donors (Lipinski definition) is 1. The quantitative estimate of drug-likeness (QED) is 0.568. The fourth-order valence-corrected chi connectivity index (χ4v) is 0.445. The third-order valence-electron chi connectivity index (χ3n) is 1.59. The van der Waals surface area contributed by atoms with E-state index in [1.54, 1.807) is 0 Å². The van der Waals surface area contributed by atoms with Gasteiger partial charge in [0.1, 0.15) is 0 Å². The second kappa shape index (κ2) is 2.72. The topological polar surface area (TPSA) is 12.0 Å². The predicted octanol–water partition coefficient (Wildman–Crippen LogP) is 1.93. The van der Waals surface area contributed by atoms with E-state index in [1.165, 1.54) is 0 Å². The summed E-state index contributed by atoms with van der Waals surface area (Å²) in [6.07, 6.45) is 1.88. The van der Waals surface area contributed by atoms with Crippen LogP contribution in [-0.4, -0.2) is 7.05 Å². The van der Waals surface area contributed by atoms with E-state index in [-0.39, 0.29) is 5.41 Å². The van der Waals surface area contributed by atoms with Crippen LogP contribution in [0.3, 0.4) is 0 Å². The summed E-state index contributed by atoms with van der Waals surface area (Å²) in [6.45, 7) is 11.7. The molecule has 0 unspecified atom stereocenters. The van der Waals surface area contributed by atoms with Crippen LogP contribution in [0.25, 0.3) is 0 Å². The minimum absolute atomic E-state index is 0.00868. The van der Waals surface area contributed by atoms with Gasteiger partial charge in [0.15, 0.2) is 0 Å². The van der Waals surface area contributed by atoms with Crippen LogP contribution in [0.5, 0.6) is 0 Å². The zero-order valence-electron chi connectivity index (χ0n) is 6.49. The van der Waals surface area contributed by atoms with Gasteiger partial charge in [0.05, 0.1) is 0 Å². The van der Waals surface area contributed by atoms with Crippen LogP contribution in [0.2, 0.25) is 0 Å². The van der Waals surface area contributed by atoms with E-state index < -0.39 is 0 Å². The van der Waals surface area contributed by atoms with Crippen molar-refractivity contribution < 1.29 is 0 Å². The van der Waals surface area contributed by atoms with Gasteiger partial charge >= 0.3 is 0 Å². The van der Waals surface area contributed by atoms with Crippen molar-refractivity contribution in [3.63, 3.8) is 0 Å². The summed E-state index contributed by atoms with van der Waals surface area (Å²) in [5.41, 5.74) is 1.01. The van der Waals surface area contributed by atoms with E-state index in [0.29, 0.717) is 0 Å². The summed E-state index contributed by atoms with van der Waals surface area (Å²) in [7, 11) is 1.87. The lowest BCUT2D eigenvalue weighted by molar-refractivity contribution is 0.544. The second-order valence-corrected chi connectivity index (χ2v) is 2.65. The maximum absolute atomic E-state index is 3.83. The van der Waals surface area contributed by atoms with Crippen LogP contribution in [0.1, 0.15) is 13.8 Å². The normalized spacial score (nSPS) is 10.6. The van der Waals surface area contributed by atoms with E-state index in [1.807, 2.05) is 13.1 Å². The Morgan fingerprint density at radius 1 is 1.56 bits per heavy atom. The third-order valence-corrected chi connectivity index (χ3v) is 1.59. The van der Waals surface area contributed by atoms with Crippen molar-refractivity contribution >= 4 is 0 Å². The fourth-order valence-electron chi connectivity index (χ4n) is 0.445. The van der Waals surface area contributed by atoms with Gasteiger partial charge in [0.25, 0.3) is 0 Å². The van der Waals surface area contributed by atoms with Crippen LogP contribution >= 0.6 is 0 Å². The number of nitrogens with one attached hydrogen (secondary N) is 1. The van der Waals surface area contributed by atoms with Gasteiger partial charge in [-0.05, 0) is 0 Å². The maximum atomic E-state index is 3.83. The Balaban J connectivity index is 4.14. The molecule has 1 heteroatoms. The molecule has 0 aliphatic rings. The van der Waals surface area contributed by atoms with Gasteiger partial charge in [-0.3, -0.25) is 0 Å². The van der Waals surface area contributed by atoms with E-state index in [9.17, 15) is 0 Å². The minimum Gasteiger partial charge on any atom is -0.391 e. The summed E-state index contributed by atoms with van der Waals surface area (Å²) in [6, 6.07) is 0. The summed E-state index contributed by atoms with van der Waals surface area (Å²) in [5, 5.41) is 2.99. The van der Waals surface area contributed by atoms with Crippen molar-refractivity contribution in [3.8, 4) is 0 Å². The molecule has 0 saturated carbocycles. The van der Waals surface area contributed by atoms with Gasteiger partial charge in [-0.2, -0.15) is 0 Å². The van der Waals surface area contributed by atoms with Crippen LogP contribution < -0.4 is 5.32 Å². The third kappa shape index (κ3) is 1.92. The Hall–Kier alpha value is -0.720. The number of hydrogen-bond acceptors (Lipinski definition) is 1. The summed E-state index contributed by atoms with van der Waals surface area (Å²) in [4.78, 5) is 0. The molecule has 0 heterocycles. The molecular formula is C8H15N. The highest BCUT2D eigenvalue weighted by molar-refractivity contribution is 5.11. The molecule has 0 aromatic carbocycles. The predicted molar refractivity (Wildman–Crippen MR) is 42.2 cm³/mol. The molecule has 0 aromatic rings. The fraction of sp³-hybridized carbons (Fsp3) is 0.500. The smallest absolute Gasteiger partial charge is 0.0214 e. The van der Waals surface area contributed by atoms with Crippen molar-refractivity contribution in [2.45, 2.75) is 13.8 Å². The molecule has 0 bridgehead atoms. The Bertz CT molecular complexity index is 123. The van der Waals surface area contributed by atoms with Gasteiger partial charge in [-0.25, -0.2) is 0 Å².